The first-order chi connectivity index (χ1) is 27.8. The van der Waals surface area contributed by atoms with Crippen molar-refractivity contribution < 1.29 is 37.0 Å². The molecule has 5 fully saturated rings. The smallest absolute Gasteiger partial charge is 0.240 e. The van der Waals surface area contributed by atoms with Crippen molar-refractivity contribution in [3.05, 3.63) is 47.0 Å². The second-order valence-corrected chi connectivity index (χ2v) is 19.9. The summed E-state index contributed by atoms with van der Waals surface area (Å²) >= 11 is 8.59. The molecule has 0 bridgehead atoms. The predicted octanol–water partition coefficient (Wildman–Crippen LogP) is 6.14. The normalized spacial score (nSPS) is 27.4. The van der Waals surface area contributed by atoms with Crippen molar-refractivity contribution in [2.75, 3.05) is 39.5 Å². The number of thiazole rings is 1. The fourth-order valence-electron chi connectivity index (χ4n) is 8.82. The summed E-state index contributed by atoms with van der Waals surface area (Å²) in [5, 5.41) is 3.15. The number of Topliss-reactive ketones (excluding diaryl/α,β-unsaturated/α-hetero) is 1. The van der Waals surface area contributed by atoms with Gasteiger partial charge in [0.15, 0.2) is 5.78 Å². The highest BCUT2D eigenvalue weighted by atomic mass is 35.5. The Morgan fingerprint density at radius 3 is 2.60 bits per heavy atom. The molecule has 2 aromatic heterocycles. The third-order valence-electron chi connectivity index (χ3n) is 12.6. The monoisotopic (exact) mass is 853 g/mol. The van der Waals surface area contributed by atoms with E-state index in [0.29, 0.717) is 96.5 Å². The molecular formula is C42H52ClN5O8S2. The lowest BCUT2D eigenvalue weighted by Crippen LogP contribution is -2.53. The van der Waals surface area contributed by atoms with E-state index in [2.05, 4.69) is 30.0 Å². The Labute approximate surface area is 348 Å². The highest BCUT2D eigenvalue weighted by Gasteiger charge is 2.62. The van der Waals surface area contributed by atoms with Gasteiger partial charge in [-0.25, -0.2) is 18.4 Å². The van der Waals surface area contributed by atoms with Crippen LogP contribution < -0.4 is 14.2 Å². The van der Waals surface area contributed by atoms with Crippen molar-refractivity contribution in [2.24, 2.45) is 17.3 Å². The first kappa shape index (κ1) is 41.1. The number of rotatable bonds is 16. The lowest BCUT2D eigenvalue weighted by molar-refractivity contribution is -0.147. The zero-order chi connectivity index (χ0) is 40.9. The first-order valence-electron chi connectivity index (χ1n) is 20.6. The predicted molar refractivity (Wildman–Crippen MR) is 222 cm³/mol. The maximum Gasteiger partial charge on any atom is 0.240 e. The van der Waals surface area contributed by atoms with Crippen molar-refractivity contribution in [3.8, 4) is 22.2 Å². The highest BCUT2D eigenvalue weighted by molar-refractivity contribution is 7.90. The van der Waals surface area contributed by atoms with Gasteiger partial charge in [-0.3, -0.25) is 24.0 Å². The van der Waals surface area contributed by atoms with E-state index in [9.17, 15) is 22.8 Å². The van der Waals surface area contributed by atoms with Gasteiger partial charge in [0.1, 0.15) is 39.9 Å². The third-order valence-corrected chi connectivity index (χ3v) is 15.7. The quantitative estimate of drug-likeness (QED) is 0.165. The van der Waals surface area contributed by atoms with Crippen LogP contribution in [0.1, 0.15) is 83.7 Å². The van der Waals surface area contributed by atoms with E-state index in [1.807, 2.05) is 30.5 Å². The Hall–Kier alpha value is -3.63. The van der Waals surface area contributed by atoms with Crippen LogP contribution in [0, 0.1) is 17.3 Å². The van der Waals surface area contributed by atoms with Gasteiger partial charge in [-0.15, -0.1) is 17.9 Å². The average molecular weight is 854 g/mol. The lowest BCUT2D eigenvalue weighted by atomic mass is 9.89. The molecule has 13 nitrogen and oxygen atoms in total. The molecule has 3 saturated heterocycles. The molecule has 0 radical (unpaired) electrons. The fourth-order valence-corrected chi connectivity index (χ4v) is 11.4. The summed E-state index contributed by atoms with van der Waals surface area (Å²) < 4.78 is 46.5. The molecule has 3 aromatic rings. The minimum Gasteiger partial charge on any atom is -0.491 e. The largest absolute Gasteiger partial charge is 0.491 e. The maximum atomic E-state index is 14.5. The number of amides is 2. The van der Waals surface area contributed by atoms with Gasteiger partial charge in [0.05, 0.1) is 47.2 Å². The fraction of sp³-hybridized carbons (Fsp3) is 0.595. The van der Waals surface area contributed by atoms with Gasteiger partial charge in [-0.1, -0.05) is 38.4 Å². The number of aromatic nitrogens is 2. The number of halogens is 1. The number of ketones is 1. The van der Waals surface area contributed by atoms with Crippen LogP contribution in [0.25, 0.3) is 21.6 Å². The van der Waals surface area contributed by atoms with Crippen molar-refractivity contribution in [1.82, 2.24) is 24.5 Å². The van der Waals surface area contributed by atoms with Gasteiger partial charge in [0.2, 0.25) is 21.8 Å². The third kappa shape index (κ3) is 8.01. The number of fused-ring (bicyclic) bond motifs is 2. The molecule has 5 heterocycles. The zero-order valence-corrected chi connectivity index (χ0v) is 35.7. The molecular weight excluding hydrogens is 802 g/mol. The van der Waals surface area contributed by atoms with Gasteiger partial charge in [-0.2, -0.15) is 0 Å². The molecule has 5 aliphatic rings. The summed E-state index contributed by atoms with van der Waals surface area (Å²) in [5.41, 5.74) is 0.792. The van der Waals surface area contributed by atoms with Crippen LogP contribution in [0.3, 0.4) is 0 Å². The number of nitrogens with one attached hydrogen (secondary N) is 1. The van der Waals surface area contributed by atoms with Crippen LogP contribution in [0.4, 0.5) is 0 Å². The van der Waals surface area contributed by atoms with Gasteiger partial charge < -0.3 is 19.1 Å². The number of ether oxygens (including phenoxy) is 3. The van der Waals surface area contributed by atoms with Crippen LogP contribution >= 0.6 is 22.9 Å². The molecule has 1 N–H and O–H groups in total. The van der Waals surface area contributed by atoms with Crippen LogP contribution in [0.5, 0.6) is 11.5 Å². The number of piperidine rings is 1. The van der Waals surface area contributed by atoms with Crippen LogP contribution in [0.15, 0.2) is 36.2 Å². The summed E-state index contributed by atoms with van der Waals surface area (Å²) in [4.78, 5) is 56.1. The first-order valence-corrected chi connectivity index (χ1v) is 23.4. The van der Waals surface area contributed by atoms with E-state index in [0.717, 1.165) is 25.3 Å². The van der Waals surface area contributed by atoms with Gasteiger partial charge in [-0.05, 0) is 62.5 Å². The Bertz CT molecular complexity index is 2210. The topological polar surface area (TPSA) is 157 Å². The number of hydrogen-bond acceptors (Lipinski definition) is 12. The minimum absolute atomic E-state index is 0.0970. The van der Waals surface area contributed by atoms with Gasteiger partial charge in [0.25, 0.3) is 0 Å². The number of hydrogen-bond donors (Lipinski definition) is 1. The average Bonchev–Trinajstić information content (AvgIpc) is 4.10. The molecule has 1 aromatic carbocycles. The minimum atomic E-state index is -3.82. The number of nitrogens with zero attached hydrogens (tertiary/aromatic N) is 4. The number of allylic oxidation sites excluding steroid dienone is 1. The second-order valence-electron chi connectivity index (χ2n) is 16.7. The molecule has 0 spiro atoms. The standard InChI is InChI=1S/C42H52ClN5O8S2/c1-5-25-7-11-31-36(20-32(48(31)40(25)50)33(49)22-42(21-26(42)6-2)41(51)46-58(52,53)27-8-9-27)56-35-19-29(39-45-30(23-57-39)24(3)4)44-38-28(35)10-12-34(37(38)43)55-18-15-47-13-16-54-17-14-47/h6,10,12,19,23-27,31-32,36H,2,5,7-9,11,13-18,20-22H2,1,3-4H3,(H,46,51)/t25-,26+,31+,32-,36+,42+/m0/s1. The Kier molecular flexibility index (Phi) is 11.7. The Balaban J connectivity index is 1.10. The van der Waals surface area contributed by atoms with E-state index < -0.39 is 44.8 Å². The van der Waals surface area contributed by atoms with E-state index in [4.69, 9.17) is 35.8 Å². The zero-order valence-electron chi connectivity index (χ0n) is 33.3. The molecule has 312 valence electrons. The molecule has 58 heavy (non-hydrogen) atoms. The molecule has 2 aliphatic carbocycles. The molecule has 6 atom stereocenters. The molecule has 8 rings (SSSR count). The number of morpholine rings is 1. The van der Waals surface area contributed by atoms with Crippen molar-refractivity contribution in [3.63, 3.8) is 0 Å². The van der Waals surface area contributed by atoms with Crippen LogP contribution in [-0.2, 0) is 29.1 Å². The Morgan fingerprint density at radius 2 is 1.93 bits per heavy atom. The van der Waals surface area contributed by atoms with Crippen LogP contribution in [-0.4, -0.2) is 109 Å². The summed E-state index contributed by atoms with van der Waals surface area (Å²) in [5.74, 6) is -0.411. The van der Waals surface area contributed by atoms with Gasteiger partial charge in [0, 0.05) is 55.2 Å². The Morgan fingerprint density at radius 1 is 1.16 bits per heavy atom. The SMILES string of the molecule is C=C[C@@H]1C[C@]1(CC(=O)[C@@H]1C[C@@H](Oc2cc(-c3nc(C(C)C)cs3)nc3c(Cl)c(OCCN4CCOCC4)ccc23)[C@H]2CC[C@H](CC)C(=O)N21)C(=O)NS(=O)(=O)C1CC1. The molecule has 16 heteroatoms. The summed E-state index contributed by atoms with van der Waals surface area (Å²) in [6.07, 6.45) is 4.34. The van der Waals surface area contributed by atoms with E-state index in [1.54, 1.807) is 11.0 Å². The molecule has 2 amide bonds. The van der Waals surface area contributed by atoms with E-state index in [1.165, 1.54) is 11.3 Å². The van der Waals surface area contributed by atoms with Crippen molar-refractivity contribution >= 4 is 61.5 Å². The molecule has 3 aliphatic heterocycles. The van der Waals surface area contributed by atoms with Crippen LogP contribution in [0.2, 0.25) is 5.02 Å². The second kappa shape index (κ2) is 16.4. The number of carbonyl (C=O) groups excluding carboxylic acids is 3. The number of carbonyl (C=O) groups is 3. The maximum absolute atomic E-state index is 14.5. The highest BCUT2D eigenvalue weighted by Crippen LogP contribution is 2.57. The van der Waals surface area contributed by atoms with Crippen molar-refractivity contribution in [1.29, 1.82) is 0 Å². The number of benzene rings is 1. The number of sulfonamides is 1. The van der Waals surface area contributed by atoms with Crippen molar-refractivity contribution in [2.45, 2.75) is 101 Å². The van der Waals surface area contributed by atoms with E-state index >= 15 is 0 Å². The molecule has 2 saturated carbocycles. The lowest BCUT2D eigenvalue weighted by Gasteiger charge is -2.38. The summed E-state index contributed by atoms with van der Waals surface area (Å²) in [7, 11) is -3.82. The van der Waals surface area contributed by atoms with Gasteiger partial charge >= 0.3 is 0 Å². The summed E-state index contributed by atoms with van der Waals surface area (Å²) in [6, 6.07) is 4.33. The summed E-state index contributed by atoms with van der Waals surface area (Å²) in [6.45, 7) is 14.3. The molecule has 0 unspecified atom stereocenters. The van der Waals surface area contributed by atoms with E-state index in [-0.39, 0.29) is 42.3 Å². The number of pyridine rings is 1.